The van der Waals surface area contributed by atoms with Crippen LogP contribution >= 0.6 is 0 Å². The van der Waals surface area contributed by atoms with E-state index in [0.29, 0.717) is 11.0 Å². The molecule has 0 fully saturated rings. The Morgan fingerprint density at radius 3 is 2.50 bits per heavy atom. The fourth-order valence-electron chi connectivity index (χ4n) is 1.99. The number of nitrogens with zero attached hydrogens (tertiary/aromatic N) is 2. The Kier molecular flexibility index (Phi) is 3.12. The van der Waals surface area contributed by atoms with Gasteiger partial charge in [-0.2, -0.15) is 0 Å². The lowest BCUT2D eigenvalue weighted by Crippen LogP contribution is -2.07. The molecule has 1 unspecified atom stereocenters. The molecule has 3 nitrogen and oxygen atoms in total. The number of halogens is 2. The second-order valence-electron chi connectivity index (χ2n) is 4.33. The minimum Gasteiger partial charge on any atom is -0.382 e. The molecule has 3 aromatic rings. The number of hydrogen-bond acceptors (Lipinski definition) is 3. The predicted molar refractivity (Wildman–Crippen MR) is 70.0 cm³/mol. The maximum atomic E-state index is 13.7. The molecule has 1 aromatic heterocycles. The van der Waals surface area contributed by atoms with E-state index in [1.165, 1.54) is 18.3 Å². The number of aliphatic hydroxyl groups excluding tert-OH is 1. The van der Waals surface area contributed by atoms with E-state index >= 15 is 0 Å². The van der Waals surface area contributed by atoms with E-state index in [4.69, 9.17) is 0 Å². The zero-order valence-electron chi connectivity index (χ0n) is 10.3. The largest absolute Gasteiger partial charge is 0.382 e. The molecule has 5 heteroatoms. The van der Waals surface area contributed by atoms with Gasteiger partial charge in [0.2, 0.25) is 0 Å². The summed E-state index contributed by atoms with van der Waals surface area (Å²) in [4.78, 5) is 8.36. The van der Waals surface area contributed by atoms with E-state index in [2.05, 4.69) is 9.97 Å². The minimum atomic E-state index is -1.36. The van der Waals surface area contributed by atoms with Gasteiger partial charge in [0.15, 0.2) is 11.6 Å². The highest BCUT2D eigenvalue weighted by Gasteiger charge is 2.19. The number of rotatable bonds is 2. The predicted octanol–water partition coefficient (Wildman–Crippen LogP) is 2.99. The molecule has 0 bridgehead atoms. The number of aliphatic hydroxyl groups is 1. The summed E-state index contributed by atoms with van der Waals surface area (Å²) < 4.78 is 26.9. The minimum absolute atomic E-state index is 0.158. The fourth-order valence-corrected chi connectivity index (χ4v) is 1.99. The molecule has 0 saturated heterocycles. The van der Waals surface area contributed by atoms with Crippen molar-refractivity contribution < 1.29 is 13.9 Å². The molecule has 0 aliphatic heterocycles. The Bertz CT molecular complexity index is 777. The Labute approximate surface area is 113 Å². The van der Waals surface area contributed by atoms with Crippen LogP contribution in [0.5, 0.6) is 0 Å². The summed E-state index contributed by atoms with van der Waals surface area (Å²) in [5.74, 6) is -2.08. The fraction of sp³-hybridized carbons (Fsp3) is 0.0667. The summed E-state index contributed by atoms with van der Waals surface area (Å²) in [5.41, 5.74) is 1.27. The van der Waals surface area contributed by atoms with Crippen LogP contribution in [0.3, 0.4) is 0 Å². The average Bonchev–Trinajstić information content (AvgIpc) is 2.49. The number of para-hydroxylation sites is 2. The third-order valence-electron chi connectivity index (χ3n) is 3.02. The van der Waals surface area contributed by atoms with Crippen molar-refractivity contribution in [3.8, 4) is 0 Å². The summed E-state index contributed by atoms with van der Waals surface area (Å²) in [7, 11) is 0. The molecule has 0 amide bonds. The van der Waals surface area contributed by atoms with Crippen LogP contribution in [-0.2, 0) is 0 Å². The van der Waals surface area contributed by atoms with Crippen LogP contribution in [0.2, 0.25) is 0 Å². The van der Waals surface area contributed by atoms with Crippen molar-refractivity contribution >= 4 is 11.0 Å². The van der Waals surface area contributed by atoms with E-state index in [9.17, 15) is 13.9 Å². The van der Waals surface area contributed by atoms with Crippen molar-refractivity contribution in [2.24, 2.45) is 0 Å². The molecule has 1 heterocycles. The molecule has 100 valence electrons. The van der Waals surface area contributed by atoms with Gasteiger partial charge in [-0.3, -0.25) is 4.98 Å². The molecule has 0 spiro atoms. The van der Waals surface area contributed by atoms with Gasteiger partial charge >= 0.3 is 0 Å². The molecule has 0 saturated carbocycles. The lowest BCUT2D eigenvalue weighted by molar-refractivity contribution is 0.208. The van der Waals surface area contributed by atoms with Gasteiger partial charge < -0.3 is 5.11 Å². The first-order valence-corrected chi connectivity index (χ1v) is 6.00. The summed E-state index contributed by atoms with van der Waals surface area (Å²) in [6.45, 7) is 0. The quantitative estimate of drug-likeness (QED) is 0.780. The molecule has 1 atom stereocenters. The molecule has 1 N–H and O–H groups in total. The summed E-state index contributed by atoms with van der Waals surface area (Å²) >= 11 is 0. The zero-order chi connectivity index (χ0) is 14.1. The van der Waals surface area contributed by atoms with Crippen molar-refractivity contribution in [1.82, 2.24) is 9.97 Å². The van der Waals surface area contributed by atoms with Gasteiger partial charge in [-0.05, 0) is 18.2 Å². The van der Waals surface area contributed by atoms with Crippen LogP contribution in [0.25, 0.3) is 11.0 Å². The third kappa shape index (κ3) is 2.12. The van der Waals surface area contributed by atoms with Gasteiger partial charge in [-0.15, -0.1) is 0 Å². The molecule has 0 radical (unpaired) electrons. The second kappa shape index (κ2) is 4.94. The molecule has 0 aliphatic carbocycles. The smallest absolute Gasteiger partial charge is 0.165 e. The first-order chi connectivity index (χ1) is 9.66. The highest BCUT2D eigenvalue weighted by Crippen LogP contribution is 2.24. The van der Waals surface area contributed by atoms with E-state index in [1.54, 1.807) is 18.2 Å². The van der Waals surface area contributed by atoms with E-state index in [1.807, 2.05) is 6.07 Å². The van der Waals surface area contributed by atoms with Crippen molar-refractivity contribution in [3.05, 3.63) is 71.6 Å². The molecular formula is C15H10F2N2O. The summed E-state index contributed by atoms with van der Waals surface area (Å²) in [6.07, 6.45) is -0.0000359. The van der Waals surface area contributed by atoms with E-state index in [0.717, 1.165) is 6.07 Å². The maximum absolute atomic E-state index is 13.7. The third-order valence-corrected chi connectivity index (χ3v) is 3.02. The molecular weight excluding hydrogens is 262 g/mol. The normalized spacial score (nSPS) is 12.6. The van der Waals surface area contributed by atoms with Gasteiger partial charge in [-0.25, -0.2) is 13.8 Å². The Morgan fingerprint density at radius 1 is 0.950 bits per heavy atom. The maximum Gasteiger partial charge on any atom is 0.165 e. The zero-order valence-corrected chi connectivity index (χ0v) is 10.3. The monoisotopic (exact) mass is 272 g/mol. The standard InChI is InChI=1S/C15H10F2N2O/c16-10-5-3-4-9(14(10)17)15(20)13-8-18-11-6-1-2-7-12(11)19-13/h1-8,15,20H. The molecule has 3 rings (SSSR count). The van der Waals surface area contributed by atoms with E-state index < -0.39 is 17.7 Å². The molecule has 0 aliphatic rings. The summed E-state index contributed by atoms with van der Waals surface area (Å²) in [5, 5.41) is 10.1. The van der Waals surface area contributed by atoms with Crippen molar-refractivity contribution in [1.29, 1.82) is 0 Å². The second-order valence-corrected chi connectivity index (χ2v) is 4.33. The van der Waals surface area contributed by atoms with Crippen LogP contribution in [-0.4, -0.2) is 15.1 Å². The Hall–Kier alpha value is -2.40. The first kappa shape index (κ1) is 12.6. The van der Waals surface area contributed by atoms with Gasteiger partial charge in [0.1, 0.15) is 6.10 Å². The van der Waals surface area contributed by atoms with E-state index in [-0.39, 0.29) is 11.3 Å². The number of aromatic nitrogens is 2. The first-order valence-electron chi connectivity index (χ1n) is 6.00. The summed E-state index contributed by atoms with van der Waals surface area (Å²) in [6, 6.07) is 10.8. The SMILES string of the molecule is OC(c1cnc2ccccc2n1)c1cccc(F)c1F. The lowest BCUT2D eigenvalue weighted by atomic mass is 10.1. The number of hydrogen-bond donors (Lipinski definition) is 1. The topological polar surface area (TPSA) is 46.0 Å². The van der Waals surface area contributed by atoms with Crippen molar-refractivity contribution in [3.63, 3.8) is 0 Å². The lowest BCUT2D eigenvalue weighted by Gasteiger charge is -2.12. The van der Waals surface area contributed by atoms with Gasteiger partial charge in [0.05, 0.1) is 22.9 Å². The van der Waals surface area contributed by atoms with Crippen LogP contribution in [0, 0.1) is 11.6 Å². The molecule has 20 heavy (non-hydrogen) atoms. The van der Waals surface area contributed by atoms with Gasteiger partial charge in [0, 0.05) is 5.56 Å². The Balaban J connectivity index is 2.08. The van der Waals surface area contributed by atoms with Crippen molar-refractivity contribution in [2.75, 3.05) is 0 Å². The molecule has 2 aromatic carbocycles. The van der Waals surface area contributed by atoms with Gasteiger partial charge in [-0.1, -0.05) is 24.3 Å². The van der Waals surface area contributed by atoms with Crippen LogP contribution in [0.4, 0.5) is 8.78 Å². The number of benzene rings is 2. The van der Waals surface area contributed by atoms with Crippen LogP contribution in [0.1, 0.15) is 17.4 Å². The van der Waals surface area contributed by atoms with Crippen LogP contribution in [0.15, 0.2) is 48.7 Å². The highest BCUT2D eigenvalue weighted by molar-refractivity contribution is 5.73. The van der Waals surface area contributed by atoms with Crippen LogP contribution < -0.4 is 0 Å². The van der Waals surface area contributed by atoms with Gasteiger partial charge in [0.25, 0.3) is 0 Å². The van der Waals surface area contributed by atoms with Crippen molar-refractivity contribution in [2.45, 2.75) is 6.10 Å². The highest BCUT2D eigenvalue weighted by atomic mass is 19.2. The Morgan fingerprint density at radius 2 is 1.70 bits per heavy atom. The average molecular weight is 272 g/mol. The number of fused-ring (bicyclic) bond motifs is 1.